The molecule has 3 aromatic rings. The molecule has 7 heteroatoms. The van der Waals surface area contributed by atoms with Crippen molar-refractivity contribution in [3.8, 4) is 5.69 Å². The van der Waals surface area contributed by atoms with Crippen LogP contribution in [0.25, 0.3) is 5.69 Å². The Morgan fingerprint density at radius 3 is 2.08 bits per heavy atom. The highest BCUT2D eigenvalue weighted by molar-refractivity contribution is 7.92. The van der Waals surface area contributed by atoms with Gasteiger partial charge in [-0.3, -0.25) is 13.8 Å². The lowest BCUT2D eigenvalue weighted by Crippen LogP contribution is -2.31. The van der Waals surface area contributed by atoms with Crippen molar-refractivity contribution in [2.75, 3.05) is 11.4 Å². The van der Waals surface area contributed by atoms with Crippen LogP contribution in [0.5, 0.6) is 0 Å². The first kappa shape index (κ1) is 18.0. The first-order chi connectivity index (χ1) is 12.2. The summed E-state index contributed by atoms with van der Waals surface area (Å²) in [5.41, 5.74) is 1.97. The summed E-state index contributed by atoms with van der Waals surface area (Å²) < 4.78 is 30.1. The van der Waals surface area contributed by atoms with Gasteiger partial charge in [-0.05, 0) is 38.1 Å². The summed E-state index contributed by atoms with van der Waals surface area (Å²) in [6.45, 7) is 3.62. The summed E-state index contributed by atoms with van der Waals surface area (Å²) in [5, 5.41) is 0. The number of para-hydroxylation sites is 1. The molecular formula is C19H21N3O3S. The van der Waals surface area contributed by atoms with Crippen LogP contribution in [0.1, 0.15) is 11.3 Å². The smallest absolute Gasteiger partial charge is 0.283 e. The molecule has 0 unspecified atom stereocenters. The van der Waals surface area contributed by atoms with Gasteiger partial charge in [-0.2, -0.15) is 0 Å². The third-order valence-corrected chi connectivity index (χ3v) is 6.29. The molecule has 2 aromatic carbocycles. The van der Waals surface area contributed by atoms with E-state index in [1.807, 2.05) is 25.1 Å². The minimum Gasteiger partial charge on any atom is -0.283 e. The molecular weight excluding hydrogens is 350 g/mol. The first-order valence-electron chi connectivity index (χ1n) is 8.15. The zero-order valence-corrected chi connectivity index (χ0v) is 16.0. The SMILES string of the molecule is Cc1ccc(S(=O)(=O)N(C)c2c(C)n(C)n(-c3ccccc3)c2=O)cc1. The minimum absolute atomic E-state index is 0.136. The van der Waals surface area contributed by atoms with E-state index in [1.165, 1.54) is 11.7 Å². The van der Waals surface area contributed by atoms with Gasteiger partial charge in [0.05, 0.1) is 16.3 Å². The molecule has 0 radical (unpaired) electrons. The summed E-state index contributed by atoms with van der Waals surface area (Å²) in [7, 11) is -0.686. The highest BCUT2D eigenvalue weighted by Crippen LogP contribution is 2.24. The molecule has 1 heterocycles. The zero-order valence-electron chi connectivity index (χ0n) is 15.2. The minimum atomic E-state index is -3.83. The number of nitrogens with zero attached hydrogens (tertiary/aromatic N) is 3. The van der Waals surface area contributed by atoms with Crippen LogP contribution in [0.2, 0.25) is 0 Å². The molecule has 0 saturated carbocycles. The van der Waals surface area contributed by atoms with Crippen LogP contribution in [-0.2, 0) is 17.1 Å². The number of aromatic nitrogens is 2. The third-order valence-electron chi connectivity index (χ3n) is 4.52. The van der Waals surface area contributed by atoms with Gasteiger partial charge in [0.15, 0.2) is 0 Å². The fraction of sp³-hybridized carbons (Fsp3) is 0.211. The van der Waals surface area contributed by atoms with Gasteiger partial charge in [-0.15, -0.1) is 0 Å². The average molecular weight is 371 g/mol. The molecule has 0 aliphatic rings. The predicted molar refractivity (Wildman–Crippen MR) is 103 cm³/mol. The van der Waals surface area contributed by atoms with Crippen LogP contribution < -0.4 is 9.86 Å². The second kappa shape index (κ2) is 6.49. The Balaban J connectivity index is 2.16. The maximum atomic E-state index is 13.0. The van der Waals surface area contributed by atoms with Crippen LogP contribution in [0, 0.1) is 13.8 Å². The lowest BCUT2D eigenvalue weighted by atomic mass is 10.2. The number of benzene rings is 2. The number of sulfonamides is 1. The molecule has 0 aliphatic heterocycles. The highest BCUT2D eigenvalue weighted by atomic mass is 32.2. The van der Waals surface area contributed by atoms with Crippen LogP contribution in [0.15, 0.2) is 64.3 Å². The molecule has 136 valence electrons. The Hall–Kier alpha value is -2.80. The third kappa shape index (κ3) is 2.84. The number of hydrogen-bond acceptors (Lipinski definition) is 3. The van der Waals surface area contributed by atoms with E-state index in [1.54, 1.807) is 55.1 Å². The second-order valence-corrected chi connectivity index (χ2v) is 8.16. The van der Waals surface area contributed by atoms with Gasteiger partial charge < -0.3 is 0 Å². The lowest BCUT2D eigenvalue weighted by molar-refractivity contribution is 0.594. The maximum absolute atomic E-state index is 13.0. The van der Waals surface area contributed by atoms with E-state index < -0.39 is 10.0 Å². The largest absolute Gasteiger partial charge is 0.296 e. The zero-order chi connectivity index (χ0) is 19.1. The first-order valence-corrected chi connectivity index (χ1v) is 9.59. The monoisotopic (exact) mass is 371 g/mol. The van der Waals surface area contributed by atoms with Crippen molar-refractivity contribution in [2.45, 2.75) is 18.7 Å². The van der Waals surface area contributed by atoms with Crippen molar-refractivity contribution >= 4 is 15.7 Å². The number of anilines is 1. The van der Waals surface area contributed by atoms with Crippen molar-refractivity contribution in [3.63, 3.8) is 0 Å². The standard InChI is InChI=1S/C19H21N3O3S/c1-14-10-12-17(13-11-14)26(24,25)21(4)18-15(2)20(3)22(19(18)23)16-8-6-5-7-9-16/h5-13H,1-4H3. The predicted octanol–water partition coefficient (Wildman–Crippen LogP) is 2.62. The van der Waals surface area contributed by atoms with Crippen molar-refractivity contribution in [1.82, 2.24) is 9.36 Å². The van der Waals surface area contributed by atoms with E-state index >= 15 is 0 Å². The van der Waals surface area contributed by atoms with Gasteiger partial charge in [0.2, 0.25) is 0 Å². The van der Waals surface area contributed by atoms with Gasteiger partial charge >= 0.3 is 0 Å². The average Bonchev–Trinajstić information content (AvgIpc) is 2.84. The summed E-state index contributed by atoms with van der Waals surface area (Å²) in [6, 6.07) is 15.7. The molecule has 1 aromatic heterocycles. The normalized spacial score (nSPS) is 11.5. The maximum Gasteiger partial charge on any atom is 0.296 e. The van der Waals surface area contributed by atoms with Crippen molar-refractivity contribution in [1.29, 1.82) is 0 Å². The van der Waals surface area contributed by atoms with Gasteiger partial charge in [-0.25, -0.2) is 13.1 Å². The number of rotatable bonds is 4. The Morgan fingerprint density at radius 2 is 1.50 bits per heavy atom. The molecule has 0 bridgehead atoms. The Labute approximate surface area is 153 Å². The van der Waals surface area contributed by atoms with Crippen LogP contribution in [0.3, 0.4) is 0 Å². The lowest BCUT2D eigenvalue weighted by Gasteiger charge is -2.18. The van der Waals surface area contributed by atoms with Crippen molar-refractivity contribution < 1.29 is 8.42 Å². The Kier molecular flexibility index (Phi) is 4.50. The Bertz CT molecular complexity index is 1100. The molecule has 0 amide bonds. The fourth-order valence-electron chi connectivity index (χ4n) is 2.91. The number of hydrogen-bond donors (Lipinski definition) is 0. The van der Waals surface area contributed by atoms with Crippen LogP contribution in [-0.4, -0.2) is 24.8 Å². The summed E-state index contributed by atoms with van der Waals surface area (Å²) in [5.74, 6) is 0. The molecule has 0 N–H and O–H groups in total. The van der Waals surface area contributed by atoms with Gasteiger partial charge in [-0.1, -0.05) is 35.9 Å². The van der Waals surface area contributed by atoms with Gasteiger partial charge in [0.25, 0.3) is 15.6 Å². The molecule has 0 spiro atoms. The fourth-order valence-corrected chi connectivity index (χ4v) is 4.15. The molecule has 0 aliphatic carbocycles. The quantitative estimate of drug-likeness (QED) is 0.708. The second-order valence-electron chi connectivity index (χ2n) is 6.20. The summed E-state index contributed by atoms with van der Waals surface area (Å²) in [4.78, 5) is 13.2. The van der Waals surface area contributed by atoms with Crippen LogP contribution >= 0.6 is 0 Å². The Morgan fingerprint density at radius 1 is 0.923 bits per heavy atom. The molecule has 26 heavy (non-hydrogen) atoms. The van der Waals surface area contributed by atoms with E-state index in [-0.39, 0.29) is 16.1 Å². The highest BCUT2D eigenvalue weighted by Gasteiger charge is 2.28. The van der Waals surface area contributed by atoms with Crippen molar-refractivity contribution in [2.24, 2.45) is 7.05 Å². The molecule has 0 saturated heterocycles. The summed E-state index contributed by atoms with van der Waals surface area (Å²) >= 11 is 0. The molecule has 0 fully saturated rings. The molecule has 0 atom stereocenters. The van der Waals surface area contributed by atoms with E-state index in [9.17, 15) is 13.2 Å². The van der Waals surface area contributed by atoms with E-state index in [0.717, 1.165) is 9.87 Å². The van der Waals surface area contributed by atoms with E-state index in [2.05, 4.69) is 0 Å². The van der Waals surface area contributed by atoms with Gasteiger partial charge in [0.1, 0.15) is 5.69 Å². The number of aryl methyl sites for hydroxylation is 1. The van der Waals surface area contributed by atoms with Gasteiger partial charge in [0, 0.05) is 14.1 Å². The topological polar surface area (TPSA) is 64.3 Å². The van der Waals surface area contributed by atoms with Crippen molar-refractivity contribution in [3.05, 3.63) is 76.2 Å². The molecule has 3 rings (SSSR count). The van der Waals surface area contributed by atoms with E-state index in [0.29, 0.717) is 11.4 Å². The molecule has 6 nitrogen and oxygen atoms in total. The summed E-state index contributed by atoms with van der Waals surface area (Å²) in [6.07, 6.45) is 0. The van der Waals surface area contributed by atoms with E-state index in [4.69, 9.17) is 0 Å². The van der Waals surface area contributed by atoms with Crippen LogP contribution in [0.4, 0.5) is 5.69 Å².